The predicted octanol–water partition coefficient (Wildman–Crippen LogP) is 3.96. The Morgan fingerprint density at radius 2 is 1.97 bits per heavy atom. The van der Waals surface area contributed by atoms with Crippen LogP contribution in [0.25, 0.3) is 5.65 Å². The van der Waals surface area contributed by atoms with Crippen LogP contribution in [0.5, 0.6) is 11.5 Å². The number of carbonyl (C=O) groups is 1. The highest BCUT2D eigenvalue weighted by atomic mass is 19.3. The number of benzene rings is 1. The molecule has 3 rings (SSSR count). The monoisotopic (exact) mass is 468 g/mol. The fraction of sp³-hybridized carbons (Fsp3) is 0.364. The molecule has 0 aliphatic rings. The van der Waals surface area contributed by atoms with Gasteiger partial charge < -0.3 is 20.5 Å². The van der Waals surface area contributed by atoms with Crippen molar-refractivity contribution in [2.24, 2.45) is 5.73 Å². The maximum absolute atomic E-state index is 14.0. The minimum atomic E-state index is -3.15. The molecule has 0 fully saturated rings. The van der Waals surface area contributed by atoms with Gasteiger partial charge in [-0.05, 0) is 32.4 Å². The van der Waals surface area contributed by atoms with Crippen LogP contribution in [0.3, 0.4) is 0 Å². The third-order valence-corrected chi connectivity index (χ3v) is 5.17. The summed E-state index contributed by atoms with van der Waals surface area (Å²) in [7, 11) is 0. The standard InChI is InChI=1S/C22H24F4N4O3/c1-4-22(3,27)11-28-20(31)18-12(2)29-19-17(8-13(9-30(18)19)33-21(25)26)32-10-14-15(23)6-5-7-16(14)24/h5-9,21H,4,10-11,27H2,1-3H3,(H,28,31). The molecule has 0 saturated heterocycles. The molecule has 1 amide bonds. The Balaban J connectivity index is 2.01. The number of halogens is 4. The molecule has 0 bridgehead atoms. The number of carbonyl (C=O) groups excluding carboxylic acids is 1. The summed E-state index contributed by atoms with van der Waals surface area (Å²) in [5.41, 5.74) is 5.49. The van der Waals surface area contributed by atoms with Crippen LogP contribution in [-0.4, -0.2) is 34.0 Å². The molecule has 0 spiro atoms. The highest BCUT2D eigenvalue weighted by molar-refractivity contribution is 5.95. The summed E-state index contributed by atoms with van der Waals surface area (Å²) in [6.45, 7) is 1.68. The number of fused-ring (bicyclic) bond motifs is 1. The second-order valence-electron chi connectivity index (χ2n) is 7.84. The molecule has 0 aliphatic heterocycles. The van der Waals surface area contributed by atoms with Gasteiger partial charge in [0.05, 0.1) is 17.5 Å². The van der Waals surface area contributed by atoms with Crippen LogP contribution in [0.2, 0.25) is 0 Å². The van der Waals surface area contributed by atoms with Gasteiger partial charge in [0, 0.05) is 18.2 Å². The smallest absolute Gasteiger partial charge is 0.387 e. The molecule has 33 heavy (non-hydrogen) atoms. The van der Waals surface area contributed by atoms with Crippen LogP contribution >= 0.6 is 0 Å². The highest BCUT2D eigenvalue weighted by Gasteiger charge is 2.24. The molecular formula is C22H24F4N4O3. The average molecular weight is 468 g/mol. The number of nitrogens with zero attached hydrogens (tertiary/aromatic N) is 2. The van der Waals surface area contributed by atoms with Crippen LogP contribution in [0.15, 0.2) is 30.5 Å². The molecule has 1 atom stereocenters. The Bertz CT molecular complexity index is 1140. The molecule has 0 saturated carbocycles. The number of ether oxygens (including phenoxy) is 2. The number of amides is 1. The predicted molar refractivity (Wildman–Crippen MR) is 112 cm³/mol. The van der Waals surface area contributed by atoms with Crippen molar-refractivity contribution in [1.29, 1.82) is 0 Å². The third kappa shape index (κ3) is 5.54. The molecule has 0 radical (unpaired) electrons. The highest BCUT2D eigenvalue weighted by Crippen LogP contribution is 2.30. The summed E-state index contributed by atoms with van der Waals surface area (Å²) in [5.74, 6) is -2.62. The van der Waals surface area contributed by atoms with E-state index in [0.717, 1.165) is 24.4 Å². The van der Waals surface area contributed by atoms with Crippen molar-refractivity contribution in [2.45, 2.75) is 45.9 Å². The van der Waals surface area contributed by atoms with E-state index in [1.807, 2.05) is 6.92 Å². The van der Waals surface area contributed by atoms with Gasteiger partial charge in [0.1, 0.15) is 29.7 Å². The minimum absolute atomic E-state index is 0.0542. The topological polar surface area (TPSA) is 90.9 Å². The maximum Gasteiger partial charge on any atom is 0.387 e. The molecular weight excluding hydrogens is 444 g/mol. The molecule has 1 aromatic carbocycles. The lowest BCUT2D eigenvalue weighted by molar-refractivity contribution is -0.0502. The molecule has 2 aromatic heterocycles. The van der Waals surface area contributed by atoms with E-state index < -0.39 is 36.3 Å². The van der Waals surface area contributed by atoms with E-state index >= 15 is 0 Å². The van der Waals surface area contributed by atoms with Crippen LogP contribution in [0, 0.1) is 18.6 Å². The van der Waals surface area contributed by atoms with Crippen molar-refractivity contribution >= 4 is 11.6 Å². The van der Waals surface area contributed by atoms with Crippen LogP contribution < -0.4 is 20.5 Å². The van der Waals surface area contributed by atoms with Crippen molar-refractivity contribution in [3.05, 3.63) is 59.0 Å². The fourth-order valence-electron chi connectivity index (χ4n) is 3.06. The zero-order valence-electron chi connectivity index (χ0n) is 18.3. The van der Waals surface area contributed by atoms with Gasteiger partial charge in [-0.2, -0.15) is 8.78 Å². The number of rotatable bonds is 9. The van der Waals surface area contributed by atoms with Crippen LogP contribution in [-0.2, 0) is 6.61 Å². The van der Waals surface area contributed by atoms with E-state index in [1.165, 1.54) is 10.5 Å². The summed E-state index contributed by atoms with van der Waals surface area (Å²) in [6.07, 6.45) is 1.77. The fourth-order valence-corrected chi connectivity index (χ4v) is 3.06. The molecule has 7 nitrogen and oxygen atoms in total. The Morgan fingerprint density at radius 3 is 2.58 bits per heavy atom. The summed E-state index contributed by atoms with van der Waals surface area (Å²) in [6, 6.07) is 4.45. The Hall–Kier alpha value is -3.34. The molecule has 0 aliphatic carbocycles. The summed E-state index contributed by atoms with van der Waals surface area (Å²) in [5, 5.41) is 2.71. The van der Waals surface area contributed by atoms with Crippen molar-refractivity contribution in [2.75, 3.05) is 6.54 Å². The van der Waals surface area contributed by atoms with Gasteiger partial charge in [0.2, 0.25) is 0 Å². The van der Waals surface area contributed by atoms with Gasteiger partial charge in [-0.3, -0.25) is 9.20 Å². The first-order valence-corrected chi connectivity index (χ1v) is 10.1. The number of aryl methyl sites for hydroxylation is 1. The lowest BCUT2D eigenvalue weighted by Crippen LogP contribution is -2.47. The Labute approximate surface area is 187 Å². The largest absolute Gasteiger partial charge is 0.485 e. The molecule has 3 aromatic rings. The lowest BCUT2D eigenvalue weighted by Gasteiger charge is -2.22. The van der Waals surface area contributed by atoms with E-state index in [2.05, 4.69) is 15.0 Å². The quantitative estimate of drug-likeness (QED) is 0.464. The molecule has 2 heterocycles. The van der Waals surface area contributed by atoms with E-state index in [9.17, 15) is 22.4 Å². The van der Waals surface area contributed by atoms with Gasteiger partial charge in [-0.1, -0.05) is 13.0 Å². The van der Waals surface area contributed by atoms with Crippen molar-refractivity contribution in [1.82, 2.24) is 14.7 Å². The first kappa shape index (κ1) is 24.3. The van der Waals surface area contributed by atoms with Gasteiger partial charge in [-0.25, -0.2) is 13.8 Å². The SMILES string of the molecule is CCC(C)(N)CNC(=O)c1c(C)nc2c(OCc3c(F)cccc3F)cc(OC(F)F)cn12. The van der Waals surface area contributed by atoms with E-state index in [-0.39, 0.29) is 40.6 Å². The number of hydrogen-bond acceptors (Lipinski definition) is 5. The zero-order valence-corrected chi connectivity index (χ0v) is 18.3. The van der Waals surface area contributed by atoms with Gasteiger partial charge in [0.15, 0.2) is 11.4 Å². The van der Waals surface area contributed by atoms with Gasteiger partial charge in [-0.15, -0.1) is 0 Å². The number of imidazole rings is 1. The van der Waals surface area contributed by atoms with E-state index in [4.69, 9.17) is 10.5 Å². The second kappa shape index (κ2) is 9.65. The first-order chi connectivity index (χ1) is 15.5. The number of pyridine rings is 1. The summed E-state index contributed by atoms with van der Waals surface area (Å²) < 4.78 is 65.0. The van der Waals surface area contributed by atoms with Crippen LogP contribution in [0.4, 0.5) is 17.6 Å². The Morgan fingerprint density at radius 1 is 1.30 bits per heavy atom. The number of aromatic nitrogens is 2. The van der Waals surface area contributed by atoms with Gasteiger partial charge in [0.25, 0.3) is 5.91 Å². The molecule has 178 valence electrons. The Kier molecular flexibility index (Phi) is 7.11. The maximum atomic E-state index is 14.0. The number of nitrogens with one attached hydrogen (secondary N) is 1. The van der Waals surface area contributed by atoms with Crippen molar-refractivity contribution < 1.29 is 31.8 Å². The first-order valence-electron chi connectivity index (χ1n) is 10.1. The van der Waals surface area contributed by atoms with Crippen molar-refractivity contribution in [3.8, 4) is 11.5 Å². The second-order valence-corrected chi connectivity index (χ2v) is 7.84. The third-order valence-electron chi connectivity index (χ3n) is 5.17. The summed E-state index contributed by atoms with van der Waals surface area (Å²) in [4.78, 5) is 17.2. The van der Waals surface area contributed by atoms with Crippen LogP contribution in [0.1, 0.15) is 42.0 Å². The number of alkyl halides is 2. The minimum Gasteiger partial charge on any atom is -0.485 e. The number of hydrogen-bond donors (Lipinski definition) is 2. The van der Waals surface area contributed by atoms with E-state index in [1.54, 1.807) is 13.8 Å². The van der Waals surface area contributed by atoms with Gasteiger partial charge >= 0.3 is 6.61 Å². The molecule has 3 N–H and O–H groups in total. The average Bonchev–Trinajstić information content (AvgIpc) is 3.07. The number of nitrogens with two attached hydrogens (primary N) is 1. The zero-order chi connectivity index (χ0) is 24.3. The normalized spacial score (nSPS) is 13.2. The molecule has 11 heteroatoms. The van der Waals surface area contributed by atoms with Crippen molar-refractivity contribution in [3.63, 3.8) is 0 Å². The molecule has 1 unspecified atom stereocenters. The summed E-state index contributed by atoms with van der Waals surface area (Å²) >= 11 is 0. The lowest BCUT2D eigenvalue weighted by atomic mass is 10.0. The van der Waals surface area contributed by atoms with E-state index in [0.29, 0.717) is 6.42 Å².